The minimum absolute atomic E-state index is 0.101. The molecular weight excluding hydrogens is 212 g/mol. The molecule has 0 aliphatic carbocycles. The second-order valence-corrected chi connectivity index (χ2v) is 3.98. The van der Waals surface area contributed by atoms with E-state index in [1.54, 1.807) is 0 Å². The maximum absolute atomic E-state index is 13.9. The second kappa shape index (κ2) is 4.78. The van der Waals surface area contributed by atoms with Gasteiger partial charge in [0.1, 0.15) is 5.82 Å². The normalized spacial score (nSPS) is 20.8. The van der Waals surface area contributed by atoms with Crippen molar-refractivity contribution in [3.63, 3.8) is 0 Å². The summed E-state index contributed by atoms with van der Waals surface area (Å²) in [7, 11) is 1.38. The van der Waals surface area contributed by atoms with E-state index in [-0.39, 0.29) is 17.4 Å². The van der Waals surface area contributed by atoms with Crippen molar-refractivity contribution in [1.29, 1.82) is 0 Å². The van der Waals surface area contributed by atoms with Gasteiger partial charge in [-0.05, 0) is 31.5 Å². The van der Waals surface area contributed by atoms with Crippen LogP contribution in [0.15, 0.2) is 12.1 Å². The zero-order valence-electron chi connectivity index (χ0n) is 9.22. The fraction of sp³-hybridized carbons (Fsp3) is 0.500. The van der Waals surface area contributed by atoms with Crippen molar-refractivity contribution in [2.75, 3.05) is 13.7 Å². The van der Waals surface area contributed by atoms with Crippen LogP contribution in [0.25, 0.3) is 0 Å². The molecule has 0 saturated carbocycles. The lowest BCUT2D eigenvalue weighted by Crippen LogP contribution is -2.28. The summed E-state index contributed by atoms with van der Waals surface area (Å²) in [6.45, 7) is 0.806. The number of methoxy groups -OCH3 is 1. The lowest BCUT2D eigenvalue weighted by molar-refractivity contribution is 0.356. The Balaban J connectivity index is 2.37. The molecule has 1 atom stereocenters. The van der Waals surface area contributed by atoms with Gasteiger partial charge in [0.05, 0.1) is 7.11 Å². The van der Waals surface area contributed by atoms with E-state index < -0.39 is 11.6 Å². The molecule has 1 aromatic rings. The summed E-state index contributed by atoms with van der Waals surface area (Å²) in [6.07, 6.45) is 2.82. The topological polar surface area (TPSA) is 21.3 Å². The van der Waals surface area contributed by atoms with E-state index in [0.717, 1.165) is 25.8 Å². The van der Waals surface area contributed by atoms with E-state index in [1.165, 1.54) is 19.2 Å². The van der Waals surface area contributed by atoms with Crippen LogP contribution in [0.3, 0.4) is 0 Å². The van der Waals surface area contributed by atoms with Crippen LogP contribution in [0.2, 0.25) is 0 Å². The highest BCUT2D eigenvalue weighted by atomic mass is 19.1. The second-order valence-electron chi connectivity index (χ2n) is 3.98. The van der Waals surface area contributed by atoms with Crippen molar-refractivity contribution in [3.8, 4) is 5.75 Å². The van der Waals surface area contributed by atoms with E-state index in [2.05, 4.69) is 5.32 Å². The maximum Gasteiger partial charge on any atom is 0.172 e. The predicted octanol–water partition coefficient (Wildman–Crippen LogP) is 2.79. The molecule has 1 aliphatic heterocycles. The summed E-state index contributed by atoms with van der Waals surface area (Å²) in [5, 5.41) is 3.13. The van der Waals surface area contributed by atoms with Gasteiger partial charge in [-0.3, -0.25) is 0 Å². The van der Waals surface area contributed by atoms with Gasteiger partial charge in [0.15, 0.2) is 11.6 Å². The van der Waals surface area contributed by atoms with Crippen molar-refractivity contribution < 1.29 is 13.5 Å². The minimum Gasteiger partial charge on any atom is -0.494 e. The Morgan fingerprint density at radius 3 is 2.75 bits per heavy atom. The molecule has 0 unspecified atom stereocenters. The van der Waals surface area contributed by atoms with Crippen LogP contribution in [-0.2, 0) is 0 Å². The Morgan fingerprint density at radius 2 is 2.12 bits per heavy atom. The smallest absolute Gasteiger partial charge is 0.172 e. The fourth-order valence-electron chi connectivity index (χ4n) is 2.12. The Labute approximate surface area is 93.6 Å². The number of hydrogen-bond donors (Lipinski definition) is 1. The molecule has 0 bridgehead atoms. The lowest BCUT2D eigenvalue weighted by Gasteiger charge is -2.25. The van der Waals surface area contributed by atoms with Gasteiger partial charge in [-0.25, -0.2) is 8.78 Å². The average molecular weight is 227 g/mol. The molecule has 0 spiro atoms. The largest absolute Gasteiger partial charge is 0.494 e. The average Bonchev–Trinajstić information content (AvgIpc) is 2.31. The van der Waals surface area contributed by atoms with E-state index in [9.17, 15) is 8.78 Å². The van der Waals surface area contributed by atoms with Crippen LogP contribution in [0.1, 0.15) is 30.9 Å². The van der Waals surface area contributed by atoms with Crippen LogP contribution in [0, 0.1) is 11.6 Å². The van der Waals surface area contributed by atoms with Gasteiger partial charge < -0.3 is 10.1 Å². The number of rotatable bonds is 2. The van der Waals surface area contributed by atoms with Crippen LogP contribution in [-0.4, -0.2) is 13.7 Å². The third-order valence-corrected chi connectivity index (χ3v) is 2.97. The molecule has 1 aliphatic rings. The quantitative estimate of drug-likeness (QED) is 0.838. The molecule has 1 N–H and O–H groups in total. The van der Waals surface area contributed by atoms with Crippen LogP contribution in [0.5, 0.6) is 5.75 Å². The highest BCUT2D eigenvalue weighted by Gasteiger charge is 2.24. The SMILES string of the molecule is COc1ccc(F)c([C@H]2CCCCN2)c1F. The van der Waals surface area contributed by atoms with Crippen molar-refractivity contribution >= 4 is 0 Å². The number of hydrogen-bond acceptors (Lipinski definition) is 2. The molecule has 4 heteroatoms. The van der Waals surface area contributed by atoms with Crippen molar-refractivity contribution in [1.82, 2.24) is 5.32 Å². The first-order valence-corrected chi connectivity index (χ1v) is 5.49. The van der Waals surface area contributed by atoms with Gasteiger partial charge in [-0.2, -0.15) is 0 Å². The predicted molar refractivity (Wildman–Crippen MR) is 57.5 cm³/mol. The molecule has 0 radical (unpaired) electrons. The molecule has 1 saturated heterocycles. The van der Waals surface area contributed by atoms with E-state index >= 15 is 0 Å². The number of benzene rings is 1. The zero-order chi connectivity index (χ0) is 11.5. The lowest BCUT2D eigenvalue weighted by atomic mass is 9.96. The van der Waals surface area contributed by atoms with Crippen LogP contribution < -0.4 is 10.1 Å². The van der Waals surface area contributed by atoms with Gasteiger partial charge in [0.2, 0.25) is 0 Å². The van der Waals surface area contributed by atoms with E-state index in [4.69, 9.17) is 4.74 Å². The molecule has 16 heavy (non-hydrogen) atoms. The first-order chi connectivity index (χ1) is 7.74. The third-order valence-electron chi connectivity index (χ3n) is 2.97. The highest BCUT2D eigenvalue weighted by Crippen LogP contribution is 2.31. The number of nitrogens with one attached hydrogen (secondary N) is 1. The molecule has 1 fully saturated rings. The first kappa shape index (κ1) is 11.3. The summed E-state index contributed by atoms with van der Waals surface area (Å²) in [5.41, 5.74) is 0.110. The summed E-state index contributed by atoms with van der Waals surface area (Å²) in [4.78, 5) is 0. The molecule has 0 aromatic heterocycles. The van der Waals surface area contributed by atoms with Crippen molar-refractivity contribution in [3.05, 3.63) is 29.3 Å². The molecule has 88 valence electrons. The van der Waals surface area contributed by atoms with Gasteiger partial charge in [-0.15, -0.1) is 0 Å². The summed E-state index contributed by atoms with van der Waals surface area (Å²) < 4.78 is 32.4. The minimum atomic E-state index is -0.582. The van der Waals surface area contributed by atoms with Crippen molar-refractivity contribution in [2.45, 2.75) is 25.3 Å². The van der Waals surface area contributed by atoms with Gasteiger partial charge in [0.25, 0.3) is 0 Å². The molecule has 1 aromatic carbocycles. The summed E-state index contributed by atoms with van der Waals surface area (Å²) in [6, 6.07) is 2.34. The maximum atomic E-state index is 13.9. The standard InChI is InChI=1S/C12H15F2NO/c1-16-10-6-5-8(13)11(12(10)14)9-4-2-3-7-15-9/h5-6,9,15H,2-4,7H2,1H3/t9-/m1/s1. The summed E-state index contributed by atoms with van der Waals surface area (Å²) in [5.74, 6) is -0.983. The third kappa shape index (κ3) is 2.02. The van der Waals surface area contributed by atoms with Gasteiger partial charge >= 0.3 is 0 Å². The fourth-order valence-corrected chi connectivity index (χ4v) is 2.12. The van der Waals surface area contributed by atoms with Gasteiger partial charge in [0, 0.05) is 11.6 Å². The molecular formula is C12H15F2NO. The highest BCUT2D eigenvalue weighted by molar-refractivity contribution is 5.34. The first-order valence-electron chi connectivity index (χ1n) is 5.49. The van der Waals surface area contributed by atoms with Crippen LogP contribution in [0.4, 0.5) is 8.78 Å². The van der Waals surface area contributed by atoms with Gasteiger partial charge in [-0.1, -0.05) is 6.42 Å². The van der Waals surface area contributed by atoms with Crippen molar-refractivity contribution in [2.24, 2.45) is 0 Å². The Hall–Kier alpha value is -1.16. The Bertz CT molecular complexity index is 376. The Kier molecular flexibility index (Phi) is 3.39. The van der Waals surface area contributed by atoms with Crippen LogP contribution >= 0.6 is 0 Å². The Morgan fingerprint density at radius 1 is 1.31 bits per heavy atom. The zero-order valence-corrected chi connectivity index (χ0v) is 9.22. The molecule has 2 rings (SSSR count). The molecule has 2 nitrogen and oxygen atoms in total. The van der Waals surface area contributed by atoms with E-state index in [1.807, 2.05) is 0 Å². The molecule has 1 heterocycles. The number of piperidine rings is 1. The monoisotopic (exact) mass is 227 g/mol. The molecule has 0 amide bonds. The number of halogens is 2. The van der Waals surface area contributed by atoms with E-state index in [0.29, 0.717) is 0 Å². The number of ether oxygens (including phenoxy) is 1. The summed E-state index contributed by atoms with van der Waals surface area (Å²) >= 11 is 0.